The second-order valence-electron chi connectivity index (χ2n) is 5.17. The van der Waals surface area contributed by atoms with Crippen LogP contribution in [0.5, 0.6) is 5.75 Å². The topological polar surface area (TPSA) is 56.5 Å². The van der Waals surface area contributed by atoms with Gasteiger partial charge in [0.2, 0.25) is 0 Å². The molecule has 0 radical (unpaired) electrons. The van der Waals surface area contributed by atoms with Crippen LogP contribution in [0.2, 0.25) is 0 Å². The van der Waals surface area contributed by atoms with Crippen LogP contribution in [0.15, 0.2) is 18.2 Å². The van der Waals surface area contributed by atoms with E-state index in [2.05, 4.69) is 5.43 Å². The molecule has 19 heavy (non-hydrogen) atoms. The smallest absolute Gasteiger partial charge is 0.168 e. The van der Waals surface area contributed by atoms with Crippen LogP contribution in [0.3, 0.4) is 0 Å². The molecule has 4 nitrogen and oxygen atoms in total. The summed E-state index contributed by atoms with van der Waals surface area (Å²) in [5.41, 5.74) is 2.98. The van der Waals surface area contributed by atoms with Gasteiger partial charge in [0, 0.05) is 13.2 Å². The number of benzene rings is 1. The Balaban J connectivity index is 2.82. The summed E-state index contributed by atoms with van der Waals surface area (Å²) in [4.78, 5) is 0. The molecule has 0 aliphatic carbocycles. The molecule has 0 saturated heterocycles. The van der Waals surface area contributed by atoms with Crippen LogP contribution in [0.4, 0.5) is 4.39 Å². The number of methoxy groups -OCH3 is 2. The van der Waals surface area contributed by atoms with E-state index < -0.39 is 0 Å². The largest absolute Gasteiger partial charge is 0.494 e. The van der Waals surface area contributed by atoms with Gasteiger partial charge in [-0.1, -0.05) is 12.1 Å². The molecule has 1 rings (SSSR count). The van der Waals surface area contributed by atoms with Crippen LogP contribution in [0.25, 0.3) is 0 Å². The highest BCUT2D eigenvalue weighted by Crippen LogP contribution is 2.23. The van der Waals surface area contributed by atoms with Crippen molar-refractivity contribution in [1.29, 1.82) is 0 Å². The highest BCUT2D eigenvalue weighted by Gasteiger charge is 2.23. The van der Waals surface area contributed by atoms with Crippen molar-refractivity contribution in [1.82, 2.24) is 5.43 Å². The minimum atomic E-state index is -0.333. The zero-order chi connectivity index (χ0) is 14.5. The zero-order valence-corrected chi connectivity index (χ0v) is 12.0. The summed E-state index contributed by atoms with van der Waals surface area (Å²) < 4.78 is 24.4. The Morgan fingerprint density at radius 3 is 2.58 bits per heavy atom. The first-order valence-electron chi connectivity index (χ1n) is 6.26. The van der Waals surface area contributed by atoms with E-state index in [1.54, 1.807) is 25.3 Å². The van der Waals surface area contributed by atoms with E-state index in [9.17, 15) is 4.39 Å². The molecule has 1 aromatic carbocycles. The Morgan fingerprint density at radius 1 is 1.37 bits per heavy atom. The monoisotopic (exact) mass is 270 g/mol. The van der Waals surface area contributed by atoms with Gasteiger partial charge >= 0.3 is 0 Å². The molecular weight excluding hydrogens is 247 g/mol. The number of hydrogen-bond acceptors (Lipinski definition) is 4. The Hall–Kier alpha value is -1.17. The molecule has 0 fully saturated rings. The molecule has 0 amide bonds. The van der Waals surface area contributed by atoms with E-state index in [0.29, 0.717) is 18.4 Å². The SMILES string of the molecule is COc1cccc(CC(CC(C)(C)OC)NN)c1F. The third-order valence-electron chi connectivity index (χ3n) is 3.26. The molecule has 0 heterocycles. The minimum absolute atomic E-state index is 0.0726. The highest BCUT2D eigenvalue weighted by atomic mass is 19.1. The third kappa shape index (κ3) is 4.45. The number of nitrogens with one attached hydrogen (secondary N) is 1. The van der Waals surface area contributed by atoms with Crippen molar-refractivity contribution in [2.45, 2.75) is 38.3 Å². The first kappa shape index (κ1) is 15.9. The molecular formula is C14H23FN2O2. The standard InChI is InChI=1S/C14H23FN2O2/c1-14(2,19-4)9-11(17-16)8-10-6-5-7-12(18-3)13(10)15/h5-7,11,17H,8-9,16H2,1-4H3. The number of nitrogens with two attached hydrogens (primary N) is 1. The first-order chi connectivity index (χ1) is 8.93. The summed E-state index contributed by atoms with van der Waals surface area (Å²) in [6, 6.07) is 5.04. The van der Waals surface area contributed by atoms with Crippen LogP contribution in [0.1, 0.15) is 25.8 Å². The average molecular weight is 270 g/mol. The van der Waals surface area contributed by atoms with Crippen molar-refractivity contribution in [2.75, 3.05) is 14.2 Å². The fourth-order valence-corrected chi connectivity index (χ4v) is 2.00. The normalized spacial score (nSPS) is 13.4. The molecule has 0 aliphatic rings. The molecule has 3 N–H and O–H groups in total. The van der Waals surface area contributed by atoms with Crippen molar-refractivity contribution < 1.29 is 13.9 Å². The van der Waals surface area contributed by atoms with Crippen molar-refractivity contribution in [3.63, 3.8) is 0 Å². The summed E-state index contributed by atoms with van der Waals surface area (Å²) in [7, 11) is 3.11. The number of halogens is 1. The van der Waals surface area contributed by atoms with Crippen LogP contribution < -0.4 is 16.0 Å². The van der Waals surface area contributed by atoms with Gasteiger partial charge in [0.25, 0.3) is 0 Å². The summed E-state index contributed by atoms with van der Waals surface area (Å²) in [5, 5.41) is 0. The maximum Gasteiger partial charge on any atom is 0.168 e. The fourth-order valence-electron chi connectivity index (χ4n) is 2.00. The molecule has 0 spiro atoms. The Bertz CT molecular complexity index is 410. The van der Waals surface area contributed by atoms with Gasteiger partial charge in [-0.25, -0.2) is 4.39 Å². The summed E-state index contributed by atoms with van der Waals surface area (Å²) in [6.45, 7) is 3.94. The first-order valence-corrected chi connectivity index (χ1v) is 6.26. The lowest BCUT2D eigenvalue weighted by Crippen LogP contribution is -2.42. The van der Waals surface area contributed by atoms with Gasteiger partial charge in [-0.15, -0.1) is 0 Å². The summed E-state index contributed by atoms with van der Waals surface area (Å²) >= 11 is 0. The second-order valence-corrected chi connectivity index (χ2v) is 5.17. The van der Waals surface area contributed by atoms with E-state index in [0.717, 1.165) is 0 Å². The number of ether oxygens (including phenoxy) is 2. The Kier molecular flexibility index (Phi) is 5.72. The van der Waals surface area contributed by atoms with Crippen molar-refractivity contribution in [2.24, 2.45) is 5.84 Å². The number of rotatable bonds is 7. The van der Waals surface area contributed by atoms with Crippen molar-refractivity contribution >= 4 is 0 Å². The molecule has 0 aliphatic heterocycles. The predicted molar refractivity (Wildman–Crippen MR) is 73.5 cm³/mol. The quantitative estimate of drug-likeness (QED) is 0.588. The summed E-state index contributed by atoms with van der Waals surface area (Å²) in [6.07, 6.45) is 1.16. The maximum absolute atomic E-state index is 14.1. The minimum Gasteiger partial charge on any atom is -0.494 e. The van der Waals surface area contributed by atoms with E-state index >= 15 is 0 Å². The van der Waals surface area contributed by atoms with E-state index in [4.69, 9.17) is 15.3 Å². The van der Waals surface area contributed by atoms with Crippen LogP contribution in [-0.4, -0.2) is 25.9 Å². The van der Waals surface area contributed by atoms with Crippen LogP contribution in [0, 0.1) is 5.82 Å². The molecule has 0 aromatic heterocycles. The highest BCUT2D eigenvalue weighted by molar-refractivity contribution is 5.31. The molecule has 108 valence electrons. The van der Waals surface area contributed by atoms with E-state index in [1.807, 2.05) is 13.8 Å². The average Bonchev–Trinajstić information content (AvgIpc) is 2.40. The molecule has 5 heteroatoms. The van der Waals surface area contributed by atoms with Gasteiger partial charge in [-0.05, 0) is 38.3 Å². The van der Waals surface area contributed by atoms with E-state index in [1.165, 1.54) is 7.11 Å². The van der Waals surface area contributed by atoms with Gasteiger partial charge < -0.3 is 9.47 Å². The van der Waals surface area contributed by atoms with Gasteiger partial charge in [-0.3, -0.25) is 11.3 Å². The summed E-state index contributed by atoms with van der Waals surface area (Å²) in [5.74, 6) is 5.46. The zero-order valence-electron chi connectivity index (χ0n) is 12.0. The third-order valence-corrected chi connectivity index (χ3v) is 3.26. The van der Waals surface area contributed by atoms with Gasteiger partial charge in [0.05, 0.1) is 12.7 Å². The second kappa shape index (κ2) is 6.84. The maximum atomic E-state index is 14.1. The Labute approximate surface area is 114 Å². The number of hydrogen-bond donors (Lipinski definition) is 2. The Morgan fingerprint density at radius 2 is 2.05 bits per heavy atom. The molecule has 0 bridgehead atoms. The lowest BCUT2D eigenvalue weighted by Gasteiger charge is -2.28. The molecule has 1 unspecified atom stereocenters. The fraction of sp³-hybridized carbons (Fsp3) is 0.571. The van der Waals surface area contributed by atoms with Gasteiger partial charge in [-0.2, -0.15) is 0 Å². The van der Waals surface area contributed by atoms with Crippen LogP contribution in [-0.2, 0) is 11.2 Å². The van der Waals surface area contributed by atoms with Gasteiger partial charge in [0.1, 0.15) is 0 Å². The van der Waals surface area contributed by atoms with E-state index in [-0.39, 0.29) is 23.2 Å². The lowest BCUT2D eigenvalue weighted by molar-refractivity contribution is 0.00704. The molecule has 1 atom stereocenters. The lowest BCUT2D eigenvalue weighted by atomic mass is 9.94. The van der Waals surface area contributed by atoms with Crippen LogP contribution >= 0.6 is 0 Å². The molecule has 1 aromatic rings. The number of hydrazine groups is 1. The molecule has 0 saturated carbocycles. The predicted octanol–water partition coefficient (Wildman–Crippen LogP) is 2.02. The van der Waals surface area contributed by atoms with Crippen molar-refractivity contribution in [3.8, 4) is 5.75 Å². The van der Waals surface area contributed by atoms with Crippen molar-refractivity contribution in [3.05, 3.63) is 29.6 Å². The van der Waals surface area contributed by atoms with Gasteiger partial charge in [0.15, 0.2) is 11.6 Å².